The minimum atomic E-state index is -1.59. The van der Waals surface area contributed by atoms with E-state index < -0.39 is 23.4 Å². The van der Waals surface area contributed by atoms with E-state index in [1.165, 1.54) is 0 Å². The van der Waals surface area contributed by atoms with Gasteiger partial charge in [0, 0.05) is 38.3 Å². The molecule has 6 heteroatoms. The molecule has 1 spiro atoms. The van der Waals surface area contributed by atoms with Gasteiger partial charge in [-0.3, -0.25) is 14.4 Å². The van der Waals surface area contributed by atoms with Crippen LogP contribution >= 0.6 is 23.2 Å². The van der Waals surface area contributed by atoms with Crippen LogP contribution in [0.15, 0.2) is 97.1 Å². The van der Waals surface area contributed by atoms with Gasteiger partial charge in [-0.05, 0) is 42.3 Å². The molecule has 0 radical (unpaired) electrons. The summed E-state index contributed by atoms with van der Waals surface area (Å²) in [6, 6.07) is 25.4. The van der Waals surface area contributed by atoms with Gasteiger partial charge >= 0.3 is 0 Å². The van der Waals surface area contributed by atoms with Crippen LogP contribution in [0, 0.1) is 12.3 Å². The third-order valence-electron chi connectivity index (χ3n) is 8.61. The van der Waals surface area contributed by atoms with Crippen molar-refractivity contribution in [1.82, 2.24) is 0 Å². The molecule has 1 saturated heterocycles. The average molecular weight is 564 g/mol. The Balaban J connectivity index is 1.56. The standard InChI is InChI=1S/C34H23Cl2NO3/c1-19-10-12-20(13-11-19)31(38)30-29(25-8-4-5-9-26(25)36)34(32(39)23-6-2-3-7-24(23)33(34)40)28-17-14-21-18-22(35)15-16-27(21)37(28)30/h2-18,28-30H,1H3/t28-,29+,30-/m0/s1. The van der Waals surface area contributed by atoms with Crippen molar-refractivity contribution in [2.75, 3.05) is 4.90 Å². The highest BCUT2D eigenvalue weighted by Gasteiger charge is 2.71. The van der Waals surface area contributed by atoms with Gasteiger partial charge in [-0.15, -0.1) is 0 Å². The molecule has 0 bridgehead atoms. The zero-order valence-electron chi connectivity index (χ0n) is 21.5. The van der Waals surface area contributed by atoms with Gasteiger partial charge in [-0.1, -0.05) is 108 Å². The second kappa shape index (κ2) is 9.02. The fourth-order valence-corrected chi connectivity index (χ4v) is 7.34. The molecule has 0 unspecified atom stereocenters. The number of benzene rings is 4. The number of nitrogens with zero attached hydrogens (tertiary/aromatic N) is 1. The molecule has 2 heterocycles. The molecular formula is C34H23Cl2NO3. The number of aryl methyl sites for hydroxylation is 1. The summed E-state index contributed by atoms with van der Waals surface area (Å²) in [5.41, 5.74) is 2.85. The Morgan fingerprint density at radius 3 is 2.15 bits per heavy atom. The summed E-state index contributed by atoms with van der Waals surface area (Å²) in [7, 11) is 0. The van der Waals surface area contributed by atoms with Crippen molar-refractivity contribution in [3.8, 4) is 0 Å². The van der Waals surface area contributed by atoms with Crippen molar-refractivity contribution in [3.05, 3.63) is 140 Å². The van der Waals surface area contributed by atoms with Crippen LogP contribution in [0.2, 0.25) is 10.0 Å². The fourth-order valence-electron chi connectivity index (χ4n) is 6.91. The molecule has 0 N–H and O–H groups in total. The van der Waals surface area contributed by atoms with Gasteiger partial charge in [0.25, 0.3) is 0 Å². The maximum Gasteiger partial charge on any atom is 0.185 e. The zero-order valence-corrected chi connectivity index (χ0v) is 23.0. The Morgan fingerprint density at radius 1 is 0.825 bits per heavy atom. The Morgan fingerprint density at radius 2 is 1.48 bits per heavy atom. The van der Waals surface area contributed by atoms with Crippen molar-refractivity contribution in [3.63, 3.8) is 0 Å². The number of rotatable bonds is 3. The Labute approximate surface area is 241 Å². The van der Waals surface area contributed by atoms with Crippen LogP contribution in [0.4, 0.5) is 5.69 Å². The number of carbonyl (C=O) groups excluding carboxylic acids is 3. The predicted octanol–water partition coefficient (Wildman–Crippen LogP) is 7.62. The minimum absolute atomic E-state index is 0.181. The number of halogens is 2. The van der Waals surface area contributed by atoms with Crippen molar-refractivity contribution in [1.29, 1.82) is 0 Å². The summed E-state index contributed by atoms with van der Waals surface area (Å²) >= 11 is 13.2. The quantitative estimate of drug-likeness (QED) is 0.190. The summed E-state index contributed by atoms with van der Waals surface area (Å²) in [6.07, 6.45) is 3.78. The SMILES string of the molecule is Cc1ccc(C(=O)[C@@H]2[C@@H](c3ccccc3Cl)C3(C(=O)c4ccccc4C3=O)[C@@H]3C=Cc4cc(Cl)ccc4N23)cc1. The number of fused-ring (bicyclic) bond motifs is 5. The molecule has 196 valence electrons. The molecule has 0 aromatic heterocycles. The maximum absolute atomic E-state index is 14.7. The van der Waals surface area contributed by atoms with E-state index in [-0.39, 0.29) is 17.3 Å². The van der Waals surface area contributed by atoms with Crippen LogP contribution in [-0.2, 0) is 0 Å². The van der Waals surface area contributed by atoms with Crippen LogP contribution in [0.1, 0.15) is 53.7 Å². The zero-order chi connectivity index (χ0) is 27.8. The van der Waals surface area contributed by atoms with Gasteiger partial charge in [-0.25, -0.2) is 0 Å². The molecule has 2 aliphatic heterocycles. The topological polar surface area (TPSA) is 54.5 Å². The third-order valence-corrected chi connectivity index (χ3v) is 9.19. The first-order chi connectivity index (χ1) is 19.3. The molecule has 4 nitrogen and oxygen atoms in total. The van der Waals surface area contributed by atoms with Crippen molar-refractivity contribution in [2.24, 2.45) is 5.41 Å². The van der Waals surface area contributed by atoms with Gasteiger partial charge in [0.05, 0.1) is 6.04 Å². The molecule has 0 saturated carbocycles. The Hall–Kier alpha value is -3.99. The molecule has 3 atom stereocenters. The second-order valence-electron chi connectivity index (χ2n) is 10.7. The maximum atomic E-state index is 14.7. The number of anilines is 1. The molecule has 0 amide bonds. The fraction of sp³-hybridized carbons (Fsp3) is 0.147. The lowest BCUT2D eigenvalue weighted by Crippen LogP contribution is -2.48. The number of ketones is 3. The van der Waals surface area contributed by atoms with E-state index in [1.54, 1.807) is 48.5 Å². The largest absolute Gasteiger partial charge is 0.352 e. The average Bonchev–Trinajstić information content (AvgIpc) is 3.39. The monoisotopic (exact) mass is 563 g/mol. The van der Waals surface area contributed by atoms with Crippen molar-refractivity contribution in [2.45, 2.75) is 24.9 Å². The first-order valence-electron chi connectivity index (χ1n) is 13.1. The normalized spacial score (nSPS) is 21.9. The lowest BCUT2D eigenvalue weighted by atomic mass is 9.64. The number of Topliss-reactive ketones (excluding diaryl/α,β-unsaturated/α-hetero) is 3. The highest BCUT2D eigenvalue weighted by molar-refractivity contribution is 6.34. The Bertz CT molecular complexity index is 1740. The minimum Gasteiger partial charge on any atom is -0.352 e. The predicted molar refractivity (Wildman–Crippen MR) is 158 cm³/mol. The van der Waals surface area contributed by atoms with Crippen LogP contribution < -0.4 is 4.90 Å². The molecule has 40 heavy (non-hydrogen) atoms. The number of hydrogen-bond acceptors (Lipinski definition) is 4. The smallest absolute Gasteiger partial charge is 0.185 e. The van der Waals surface area contributed by atoms with Crippen molar-refractivity contribution >= 4 is 52.3 Å². The van der Waals surface area contributed by atoms with E-state index in [1.807, 2.05) is 66.4 Å². The van der Waals surface area contributed by atoms with Crippen LogP contribution in [0.5, 0.6) is 0 Å². The number of carbonyl (C=O) groups is 3. The molecule has 4 aromatic carbocycles. The van der Waals surface area contributed by atoms with Gasteiger partial charge in [0.1, 0.15) is 11.5 Å². The van der Waals surface area contributed by atoms with Crippen molar-refractivity contribution < 1.29 is 14.4 Å². The summed E-state index contributed by atoms with van der Waals surface area (Å²) < 4.78 is 0. The van der Waals surface area contributed by atoms with Crippen LogP contribution in [0.25, 0.3) is 6.08 Å². The van der Waals surface area contributed by atoms with Gasteiger partial charge in [0.2, 0.25) is 0 Å². The molecule has 3 aliphatic rings. The van der Waals surface area contributed by atoms with Gasteiger partial charge < -0.3 is 4.90 Å². The lowest BCUT2D eigenvalue weighted by molar-refractivity contribution is 0.0666. The van der Waals surface area contributed by atoms with E-state index in [0.717, 1.165) is 16.8 Å². The first-order valence-corrected chi connectivity index (χ1v) is 13.9. The number of hydrogen-bond donors (Lipinski definition) is 0. The second-order valence-corrected chi connectivity index (χ2v) is 11.5. The first kappa shape index (κ1) is 25.0. The summed E-state index contributed by atoms with van der Waals surface area (Å²) in [6.45, 7) is 1.96. The van der Waals surface area contributed by atoms with E-state index >= 15 is 0 Å². The molecule has 7 rings (SSSR count). The van der Waals surface area contributed by atoms with E-state index in [4.69, 9.17) is 23.2 Å². The molecular weight excluding hydrogens is 541 g/mol. The summed E-state index contributed by atoms with van der Waals surface area (Å²) in [4.78, 5) is 45.9. The molecule has 1 aliphatic carbocycles. The van der Waals surface area contributed by atoms with Gasteiger partial charge in [-0.2, -0.15) is 0 Å². The lowest BCUT2D eigenvalue weighted by Gasteiger charge is -2.37. The van der Waals surface area contributed by atoms with Crippen LogP contribution in [-0.4, -0.2) is 29.4 Å². The molecule has 4 aromatic rings. The van der Waals surface area contributed by atoms with E-state index in [2.05, 4.69) is 0 Å². The third kappa shape index (κ3) is 3.30. The van der Waals surface area contributed by atoms with Crippen LogP contribution in [0.3, 0.4) is 0 Å². The van der Waals surface area contributed by atoms with E-state index in [0.29, 0.717) is 32.3 Å². The molecule has 1 fully saturated rings. The Kier molecular flexibility index (Phi) is 5.64. The summed E-state index contributed by atoms with van der Waals surface area (Å²) in [5, 5.41) is 0.963. The highest BCUT2D eigenvalue weighted by atomic mass is 35.5. The van der Waals surface area contributed by atoms with Gasteiger partial charge in [0.15, 0.2) is 17.3 Å². The highest BCUT2D eigenvalue weighted by Crippen LogP contribution is 2.61. The summed E-state index contributed by atoms with van der Waals surface area (Å²) in [5.74, 6) is -1.60. The van der Waals surface area contributed by atoms with E-state index in [9.17, 15) is 14.4 Å².